The van der Waals surface area contributed by atoms with Crippen LogP contribution in [0, 0.1) is 10.1 Å². The quantitative estimate of drug-likeness (QED) is 0.672. The van der Waals surface area contributed by atoms with Gasteiger partial charge in [0.2, 0.25) is 0 Å². The Morgan fingerprint density at radius 2 is 1.62 bits per heavy atom. The highest BCUT2D eigenvalue weighted by atomic mass is 19.4. The minimum absolute atomic E-state index is 0.0737. The lowest BCUT2D eigenvalue weighted by Crippen LogP contribution is -2.15. The minimum Gasteiger partial charge on any atom is -0.486 e. The van der Waals surface area contributed by atoms with Crippen LogP contribution in [-0.4, -0.2) is 18.1 Å². The van der Waals surface area contributed by atoms with Gasteiger partial charge in [0.1, 0.15) is 18.8 Å². The molecule has 0 unspecified atom stereocenters. The molecule has 0 saturated carbocycles. The molecule has 1 aliphatic rings. The van der Waals surface area contributed by atoms with Gasteiger partial charge in [-0.05, 0) is 24.3 Å². The number of nitrogens with zero attached hydrogens (tertiary/aromatic N) is 1. The zero-order valence-electron chi connectivity index (χ0n) is 12.1. The first-order chi connectivity index (χ1) is 11.3. The zero-order chi connectivity index (χ0) is 17.3. The van der Waals surface area contributed by atoms with E-state index in [9.17, 15) is 23.3 Å². The van der Waals surface area contributed by atoms with Gasteiger partial charge in [-0.25, -0.2) is 0 Å². The van der Waals surface area contributed by atoms with E-state index in [4.69, 9.17) is 9.47 Å². The minimum atomic E-state index is -4.83. The second-order valence-electron chi connectivity index (χ2n) is 4.97. The van der Waals surface area contributed by atoms with Crippen molar-refractivity contribution in [1.29, 1.82) is 0 Å². The Kier molecular flexibility index (Phi) is 3.92. The molecule has 6 nitrogen and oxygen atoms in total. The molecule has 0 fully saturated rings. The van der Waals surface area contributed by atoms with E-state index < -0.39 is 22.4 Å². The standard InChI is InChI=1S/C15H11F3N2O4/c16-15(17,18)11-7-9(1-3-12(11)20(21)22)19-10-2-4-13-14(8-10)24-6-5-23-13/h1-4,7-8,19H,5-6H2. The molecular weight excluding hydrogens is 329 g/mol. The van der Waals surface area contributed by atoms with E-state index in [1.807, 2.05) is 0 Å². The summed E-state index contributed by atoms with van der Waals surface area (Å²) in [7, 11) is 0. The molecule has 2 aromatic rings. The van der Waals surface area contributed by atoms with E-state index in [1.54, 1.807) is 18.2 Å². The van der Waals surface area contributed by atoms with Crippen molar-refractivity contribution in [3.63, 3.8) is 0 Å². The first-order valence-electron chi connectivity index (χ1n) is 6.87. The topological polar surface area (TPSA) is 73.6 Å². The van der Waals surface area contributed by atoms with Gasteiger partial charge in [0, 0.05) is 23.5 Å². The van der Waals surface area contributed by atoms with Gasteiger partial charge in [-0.2, -0.15) is 13.2 Å². The van der Waals surface area contributed by atoms with Gasteiger partial charge in [-0.1, -0.05) is 0 Å². The fourth-order valence-corrected chi connectivity index (χ4v) is 2.29. The summed E-state index contributed by atoms with van der Waals surface area (Å²) in [5, 5.41) is 13.5. The lowest BCUT2D eigenvalue weighted by Gasteiger charge is -2.19. The largest absolute Gasteiger partial charge is 0.486 e. The summed E-state index contributed by atoms with van der Waals surface area (Å²) < 4.78 is 49.7. The number of nitro benzene ring substituents is 1. The first-order valence-corrected chi connectivity index (χ1v) is 6.87. The van der Waals surface area contributed by atoms with Crippen LogP contribution in [0.5, 0.6) is 11.5 Å². The van der Waals surface area contributed by atoms with Crippen LogP contribution in [0.1, 0.15) is 5.56 Å². The molecule has 0 atom stereocenters. The van der Waals surface area contributed by atoms with E-state index in [2.05, 4.69) is 5.32 Å². The third kappa shape index (κ3) is 3.19. The smallest absolute Gasteiger partial charge is 0.423 e. The molecule has 0 aromatic heterocycles. The van der Waals surface area contributed by atoms with Crippen molar-refractivity contribution >= 4 is 17.1 Å². The molecule has 1 heterocycles. The summed E-state index contributed by atoms with van der Waals surface area (Å²) in [4.78, 5) is 9.69. The Balaban J connectivity index is 1.92. The third-order valence-electron chi connectivity index (χ3n) is 3.33. The van der Waals surface area contributed by atoms with Crippen LogP contribution in [0.2, 0.25) is 0 Å². The first kappa shape index (κ1) is 15.9. The lowest BCUT2D eigenvalue weighted by atomic mass is 10.1. The average Bonchev–Trinajstić information content (AvgIpc) is 2.53. The van der Waals surface area contributed by atoms with E-state index in [0.29, 0.717) is 36.5 Å². The molecule has 3 rings (SSSR count). The van der Waals surface area contributed by atoms with Crippen LogP contribution in [0.3, 0.4) is 0 Å². The molecule has 0 aliphatic carbocycles. The van der Waals surface area contributed by atoms with Crippen molar-refractivity contribution < 1.29 is 27.6 Å². The maximum absolute atomic E-state index is 13.0. The summed E-state index contributed by atoms with van der Waals surface area (Å²) >= 11 is 0. The third-order valence-corrected chi connectivity index (χ3v) is 3.33. The number of anilines is 2. The van der Waals surface area contributed by atoms with Gasteiger partial charge in [-0.3, -0.25) is 10.1 Å². The number of benzene rings is 2. The Morgan fingerprint density at radius 1 is 1.00 bits per heavy atom. The molecule has 0 spiro atoms. The SMILES string of the molecule is O=[N+]([O-])c1ccc(Nc2ccc3c(c2)OCCO3)cc1C(F)(F)F. The van der Waals surface area contributed by atoms with E-state index >= 15 is 0 Å². The van der Waals surface area contributed by atoms with Crippen molar-refractivity contribution in [2.75, 3.05) is 18.5 Å². The Hall–Kier alpha value is -2.97. The van der Waals surface area contributed by atoms with Crippen LogP contribution in [0.25, 0.3) is 0 Å². The van der Waals surface area contributed by atoms with Crippen molar-refractivity contribution in [1.82, 2.24) is 0 Å². The van der Waals surface area contributed by atoms with Crippen LogP contribution < -0.4 is 14.8 Å². The molecule has 2 aromatic carbocycles. The summed E-state index contributed by atoms with van der Waals surface area (Å²) in [5.74, 6) is 1.02. The number of halogens is 3. The van der Waals surface area contributed by atoms with Crippen molar-refractivity contribution in [3.05, 3.63) is 52.1 Å². The van der Waals surface area contributed by atoms with Crippen molar-refractivity contribution in [2.45, 2.75) is 6.18 Å². The molecule has 126 valence electrons. The number of nitro groups is 1. The normalized spacial score (nSPS) is 13.5. The van der Waals surface area contributed by atoms with E-state index in [0.717, 1.165) is 6.07 Å². The molecule has 1 aliphatic heterocycles. The zero-order valence-corrected chi connectivity index (χ0v) is 12.1. The summed E-state index contributed by atoms with van der Waals surface area (Å²) in [6.45, 7) is 0.809. The molecule has 0 bridgehead atoms. The van der Waals surface area contributed by atoms with Gasteiger partial charge in [0.15, 0.2) is 11.5 Å². The van der Waals surface area contributed by atoms with E-state index in [-0.39, 0.29) is 5.69 Å². The average molecular weight is 340 g/mol. The van der Waals surface area contributed by atoms with Gasteiger partial charge in [-0.15, -0.1) is 0 Å². The second-order valence-corrected chi connectivity index (χ2v) is 4.97. The number of hydrogen-bond donors (Lipinski definition) is 1. The van der Waals surface area contributed by atoms with Gasteiger partial charge in [0.25, 0.3) is 5.69 Å². The number of alkyl halides is 3. The number of fused-ring (bicyclic) bond motifs is 1. The fraction of sp³-hybridized carbons (Fsp3) is 0.200. The molecule has 24 heavy (non-hydrogen) atoms. The maximum Gasteiger partial charge on any atom is 0.423 e. The summed E-state index contributed by atoms with van der Waals surface area (Å²) in [6, 6.07) is 7.57. The van der Waals surface area contributed by atoms with Crippen LogP contribution in [-0.2, 0) is 6.18 Å². The Bertz CT molecular complexity index is 793. The van der Waals surface area contributed by atoms with Crippen LogP contribution in [0.4, 0.5) is 30.2 Å². The van der Waals surface area contributed by atoms with Crippen LogP contribution >= 0.6 is 0 Å². The highest BCUT2D eigenvalue weighted by Crippen LogP contribution is 2.39. The summed E-state index contributed by atoms with van der Waals surface area (Å²) in [5.41, 5.74) is -1.75. The summed E-state index contributed by atoms with van der Waals surface area (Å²) in [6.07, 6.45) is -4.83. The highest BCUT2D eigenvalue weighted by Gasteiger charge is 2.38. The number of hydrogen-bond acceptors (Lipinski definition) is 5. The monoisotopic (exact) mass is 340 g/mol. The molecular formula is C15H11F3N2O4. The van der Waals surface area contributed by atoms with E-state index in [1.165, 1.54) is 6.07 Å². The van der Waals surface area contributed by atoms with Gasteiger partial charge >= 0.3 is 6.18 Å². The molecule has 1 N–H and O–H groups in total. The second kappa shape index (κ2) is 5.91. The predicted octanol–water partition coefficient (Wildman–Crippen LogP) is 4.13. The predicted molar refractivity (Wildman–Crippen MR) is 78.8 cm³/mol. The molecule has 0 radical (unpaired) electrons. The Morgan fingerprint density at radius 3 is 2.29 bits per heavy atom. The molecule has 0 amide bonds. The maximum atomic E-state index is 13.0. The lowest BCUT2D eigenvalue weighted by molar-refractivity contribution is -0.388. The van der Waals surface area contributed by atoms with Gasteiger partial charge < -0.3 is 14.8 Å². The molecule has 0 saturated heterocycles. The number of nitrogens with one attached hydrogen (secondary N) is 1. The highest BCUT2D eigenvalue weighted by molar-refractivity contribution is 5.66. The number of ether oxygens (including phenoxy) is 2. The van der Waals surface area contributed by atoms with Crippen molar-refractivity contribution in [2.24, 2.45) is 0 Å². The van der Waals surface area contributed by atoms with Gasteiger partial charge in [0.05, 0.1) is 4.92 Å². The van der Waals surface area contributed by atoms with Crippen molar-refractivity contribution in [3.8, 4) is 11.5 Å². The fourth-order valence-electron chi connectivity index (χ4n) is 2.29. The van der Waals surface area contributed by atoms with Crippen LogP contribution in [0.15, 0.2) is 36.4 Å². The number of rotatable bonds is 3. The molecule has 9 heteroatoms. The Labute approximate surface area is 134 Å².